The van der Waals surface area contributed by atoms with Gasteiger partial charge in [-0.1, -0.05) is 47.1 Å². The molecule has 2 atom stereocenters. The quantitative estimate of drug-likeness (QED) is 0.310. The van der Waals surface area contributed by atoms with Gasteiger partial charge in [0, 0.05) is 5.92 Å². The van der Waals surface area contributed by atoms with E-state index in [2.05, 4.69) is 36.3 Å². The van der Waals surface area contributed by atoms with E-state index in [0.717, 1.165) is 12.0 Å². The highest BCUT2D eigenvalue weighted by atomic mass is 19.1. The van der Waals surface area contributed by atoms with E-state index in [1.54, 1.807) is 43.5 Å². The molecule has 3 aromatic rings. The molecule has 0 unspecified atom stereocenters. The van der Waals surface area contributed by atoms with Crippen molar-refractivity contribution < 1.29 is 18.8 Å². The minimum absolute atomic E-state index is 0.113. The first-order chi connectivity index (χ1) is 14.5. The van der Waals surface area contributed by atoms with Crippen molar-refractivity contribution in [2.24, 2.45) is 11.1 Å². The number of aryl methyl sites for hydroxylation is 1. The molecule has 1 fully saturated rings. The van der Waals surface area contributed by atoms with E-state index in [1.807, 2.05) is 0 Å². The molecule has 1 aliphatic carbocycles. The van der Waals surface area contributed by atoms with E-state index in [4.69, 9.17) is 9.57 Å². The van der Waals surface area contributed by atoms with Crippen molar-refractivity contribution in [3.05, 3.63) is 101 Å². The van der Waals surface area contributed by atoms with Gasteiger partial charge in [0.2, 0.25) is 0 Å². The zero-order chi connectivity index (χ0) is 21.1. The van der Waals surface area contributed by atoms with Crippen molar-refractivity contribution in [3.8, 4) is 5.75 Å². The average molecular weight is 403 g/mol. The molecule has 0 heterocycles. The smallest absolute Gasteiger partial charge is 0.365 e. The van der Waals surface area contributed by atoms with Crippen LogP contribution in [0.15, 0.2) is 78.0 Å². The van der Waals surface area contributed by atoms with Crippen LogP contribution < -0.4 is 4.74 Å². The lowest BCUT2D eigenvalue weighted by Gasteiger charge is -2.08. The zero-order valence-electron chi connectivity index (χ0n) is 16.8. The lowest BCUT2D eigenvalue weighted by atomic mass is 10.0. The maximum absolute atomic E-state index is 13.4. The molecule has 0 radical (unpaired) electrons. The molecule has 0 aliphatic heterocycles. The normalized spacial score (nSPS) is 18.0. The summed E-state index contributed by atoms with van der Waals surface area (Å²) in [7, 11) is 1.56. The van der Waals surface area contributed by atoms with Gasteiger partial charge >= 0.3 is 5.97 Å². The van der Waals surface area contributed by atoms with Crippen molar-refractivity contribution in [1.29, 1.82) is 0 Å². The molecule has 0 bridgehead atoms. The second-order valence-electron chi connectivity index (χ2n) is 7.45. The van der Waals surface area contributed by atoms with Gasteiger partial charge in [-0.05, 0) is 66.8 Å². The lowest BCUT2D eigenvalue weighted by molar-refractivity contribution is 0.0515. The van der Waals surface area contributed by atoms with Crippen LogP contribution in [-0.2, 0) is 4.84 Å². The third kappa shape index (κ3) is 4.40. The van der Waals surface area contributed by atoms with Crippen LogP contribution >= 0.6 is 0 Å². The summed E-state index contributed by atoms with van der Waals surface area (Å²) < 4.78 is 18.5. The highest BCUT2D eigenvalue weighted by molar-refractivity contribution is 6.04. The van der Waals surface area contributed by atoms with Gasteiger partial charge in [-0.25, -0.2) is 9.18 Å². The van der Waals surface area contributed by atoms with E-state index < -0.39 is 5.97 Å². The molecule has 0 aromatic heterocycles. The number of rotatable bonds is 6. The number of oxime groups is 1. The molecule has 0 spiro atoms. The molecular formula is C25H22FNO3. The standard InChI is InChI=1S/C25H22FNO3/c1-16-3-5-17(6-4-16)22-15-23(22)24(18-7-11-20(26)12-8-18)27-30-25(28)19-9-13-21(29-2)14-10-19/h3-14,22-23H,15H2,1-2H3/b27-24-/t22-,23-/m1/s1. The fraction of sp³-hybridized carbons (Fsp3) is 0.200. The van der Waals surface area contributed by atoms with Gasteiger partial charge in [0.05, 0.1) is 18.4 Å². The van der Waals surface area contributed by atoms with E-state index in [-0.39, 0.29) is 11.7 Å². The Bertz CT molecular complexity index is 1060. The minimum atomic E-state index is -0.551. The van der Waals surface area contributed by atoms with Crippen molar-refractivity contribution >= 4 is 11.7 Å². The van der Waals surface area contributed by atoms with Crippen molar-refractivity contribution in [2.75, 3.05) is 7.11 Å². The van der Waals surface area contributed by atoms with Crippen LogP contribution in [0, 0.1) is 18.7 Å². The van der Waals surface area contributed by atoms with Crippen LogP contribution in [-0.4, -0.2) is 18.8 Å². The van der Waals surface area contributed by atoms with Crippen molar-refractivity contribution in [3.63, 3.8) is 0 Å². The van der Waals surface area contributed by atoms with Gasteiger partial charge < -0.3 is 9.57 Å². The molecule has 4 rings (SSSR count). The summed E-state index contributed by atoms with van der Waals surface area (Å²) in [6, 6.07) is 21.1. The molecule has 4 nitrogen and oxygen atoms in total. The predicted molar refractivity (Wildman–Crippen MR) is 113 cm³/mol. The summed E-state index contributed by atoms with van der Waals surface area (Å²) in [5.41, 5.74) is 4.21. The maximum Gasteiger partial charge on any atom is 0.365 e. The molecule has 0 N–H and O–H groups in total. The Labute approximate surface area is 174 Å². The monoisotopic (exact) mass is 403 g/mol. The molecule has 0 saturated heterocycles. The van der Waals surface area contributed by atoms with Crippen LogP contribution in [0.2, 0.25) is 0 Å². The van der Waals surface area contributed by atoms with Gasteiger partial charge in [0.25, 0.3) is 0 Å². The Morgan fingerprint density at radius 3 is 2.20 bits per heavy atom. The van der Waals surface area contributed by atoms with Crippen LogP contribution in [0.5, 0.6) is 5.75 Å². The molecule has 30 heavy (non-hydrogen) atoms. The molecule has 5 heteroatoms. The number of ether oxygens (including phenoxy) is 1. The summed E-state index contributed by atoms with van der Waals surface area (Å²) >= 11 is 0. The number of hydrogen-bond acceptors (Lipinski definition) is 4. The summed E-state index contributed by atoms with van der Waals surface area (Å²) in [4.78, 5) is 17.7. The van der Waals surface area contributed by atoms with Gasteiger partial charge in [-0.2, -0.15) is 0 Å². The summed E-state index contributed by atoms with van der Waals surface area (Å²) in [6.07, 6.45) is 0.902. The Morgan fingerprint density at radius 1 is 0.933 bits per heavy atom. The van der Waals surface area contributed by atoms with Gasteiger partial charge in [0.15, 0.2) is 0 Å². The highest BCUT2D eigenvalue weighted by Crippen LogP contribution is 2.49. The van der Waals surface area contributed by atoms with Crippen LogP contribution in [0.25, 0.3) is 0 Å². The number of carbonyl (C=O) groups is 1. The largest absolute Gasteiger partial charge is 0.497 e. The summed E-state index contributed by atoms with van der Waals surface area (Å²) in [6.45, 7) is 2.05. The highest BCUT2D eigenvalue weighted by Gasteiger charge is 2.43. The Kier molecular flexibility index (Phi) is 5.61. The van der Waals surface area contributed by atoms with E-state index >= 15 is 0 Å². The second kappa shape index (κ2) is 8.49. The number of halogens is 1. The Balaban J connectivity index is 1.56. The number of benzene rings is 3. The van der Waals surface area contributed by atoms with E-state index in [0.29, 0.717) is 22.9 Å². The molecule has 1 saturated carbocycles. The Hall–Kier alpha value is -3.47. The SMILES string of the molecule is COc1ccc(C(=O)O/N=C(/c2ccc(F)cc2)[C@@H]2C[C@@H]2c2ccc(C)cc2)cc1. The molecule has 3 aromatic carbocycles. The first-order valence-corrected chi connectivity index (χ1v) is 9.81. The first kappa shape index (κ1) is 19.8. The summed E-state index contributed by atoms with van der Waals surface area (Å²) in [5.74, 6) is 0.195. The van der Waals surface area contributed by atoms with Gasteiger partial charge in [-0.15, -0.1) is 0 Å². The third-order valence-electron chi connectivity index (χ3n) is 5.34. The predicted octanol–water partition coefficient (Wildman–Crippen LogP) is 5.51. The topological polar surface area (TPSA) is 47.9 Å². The van der Waals surface area contributed by atoms with Gasteiger partial charge in [0.1, 0.15) is 11.6 Å². The van der Waals surface area contributed by atoms with Crippen LogP contribution in [0.4, 0.5) is 4.39 Å². The molecule has 1 aliphatic rings. The lowest BCUT2D eigenvalue weighted by Crippen LogP contribution is -2.09. The van der Waals surface area contributed by atoms with E-state index in [9.17, 15) is 9.18 Å². The first-order valence-electron chi connectivity index (χ1n) is 9.81. The number of methoxy groups -OCH3 is 1. The number of carbonyl (C=O) groups excluding carboxylic acids is 1. The maximum atomic E-state index is 13.4. The number of nitrogens with zero attached hydrogens (tertiary/aromatic N) is 1. The van der Waals surface area contributed by atoms with E-state index in [1.165, 1.54) is 23.3 Å². The Morgan fingerprint density at radius 2 is 1.57 bits per heavy atom. The van der Waals surface area contributed by atoms with Crippen molar-refractivity contribution in [2.45, 2.75) is 19.3 Å². The zero-order valence-corrected chi connectivity index (χ0v) is 16.8. The fourth-order valence-electron chi connectivity index (χ4n) is 3.50. The van der Waals surface area contributed by atoms with Crippen LogP contribution in [0.1, 0.15) is 39.4 Å². The van der Waals surface area contributed by atoms with Crippen molar-refractivity contribution in [1.82, 2.24) is 0 Å². The minimum Gasteiger partial charge on any atom is -0.497 e. The summed E-state index contributed by atoms with van der Waals surface area (Å²) in [5, 5.41) is 4.21. The second-order valence-corrected chi connectivity index (χ2v) is 7.45. The number of hydrogen-bond donors (Lipinski definition) is 0. The fourth-order valence-corrected chi connectivity index (χ4v) is 3.50. The average Bonchev–Trinajstić information content (AvgIpc) is 3.56. The molecule has 152 valence electrons. The van der Waals surface area contributed by atoms with Crippen LogP contribution in [0.3, 0.4) is 0 Å². The molecule has 0 amide bonds. The molecular weight excluding hydrogens is 381 g/mol. The van der Waals surface area contributed by atoms with Gasteiger partial charge in [-0.3, -0.25) is 0 Å². The third-order valence-corrected chi connectivity index (χ3v) is 5.34.